The van der Waals surface area contributed by atoms with Gasteiger partial charge in [0.25, 0.3) is 5.91 Å². The van der Waals surface area contributed by atoms with E-state index in [9.17, 15) is 19.8 Å². The zero-order chi connectivity index (χ0) is 38.1. The molecule has 2 aromatic rings. The van der Waals surface area contributed by atoms with Crippen molar-refractivity contribution in [3.63, 3.8) is 0 Å². The van der Waals surface area contributed by atoms with Crippen LogP contribution in [-0.2, 0) is 16.2 Å². The molecule has 52 heavy (non-hydrogen) atoms. The van der Waals surface area contributed by atoms with Crippen LogP contribution in [-0.4, -0.2) is 96.7 Å². The third-order valence-electron chi connectivity index (χ3n) is 12.1. The number of hydrogen-bond acceptors (Lipinski definition) is 8. The lowest BCUT2D eigenvalue weighted by Gasteiger charge is -2.62. The molecule has 0 aromatic heterocycles. The average molecular weight is 725 g/mol. The number of nitrogens with zero attached hydrogens (tertiary/aromatic N) is 2. The minimum atomic E-state index is -0.843. The van der Waals surface area contributed by atoms with E-state index in [-0.39, 0.29) is 49.0 Å². The number of carbonyl (C=O) groups excluding carboxylic acids is 2. The van der Waals surface area contributed by atoms with Crippen molar-refractivity contribution in [2.45, 2.75) is 104 Å². The molecule has 4 aliphatic rings. The van der Waals surface area contributed by atoms with Gasteiger partial charge in [0.15, 0.2) is 0 Å². The third kappa shape index (κ3) is 8.65. The summed E-state index contributed by atoms with van der Waals surface area (Å²) < 4.78 is 21.1. The van der Waals surface area contributed by atoms with E-state index in [0.29, 0.717) is 58.1 Å². The minimum Gasteiger partial charge on any atom is -0.496 e. The Hall–Kier alpha value is -3.09. The number of likely N-dealkylation sites (N-methyl/N-ethyl adjacent to an activating group) is 1. The fourth-order valence-corrected chi connectivity index (χ4v) is 9.42. The molecule has 2 aromatic carbocycles. The molecule has 9 atom stereocenters. The molecule has 10 nitrogen and oxygen atoms in total. The second-order valence-electron chi connectivity index (χ2n) is 16.9. The minimum absolute atomic E-state index is 0.0873. The summed E-state index contributed by atoms with van der Waals surface area (Å²) in [5.41, 5.74) is 2.29. The molecule has 1 saturated heterocycles. The largest absolute Gasteiger partial charge is 0.496 e. The molecule has 11 heteroatoms. The standard InChI is InChI=1S/C41H61FN4O6/c1-23(2)13-31(21-45(7)8)43-40(50)28-14-27(15-30(42)16-28)32-12-10-11-26(39(32)51-9)20-46-35(38(25(4)48)36(22-47)52-46)19-37(49)44-34-18-29-17-33(24(34)3)41(29,5)6/h10-12,14-16,23-25,29,31,33-36,38,47-48H,13,17-22H2,1-9H3,(H,43,50)(H,44,49)/t24-,25-,29+,31-,33-,34-,35+,36-,38-/m0/s1. The van der Waals surface area contributed by atoms with Gasteiger partial charge in [-0.25, -0.2) is 4.39 Å². The average Bonchev–Trinajstić information content (AvgIpc) is 3.40. The second-order valence-corrected chi connectivity index (χ2v) is 16.9. The lowest BCUT2D eigenvalue weighted by molar-refractivity contribution is -0.180. The van der Waals surface area contributed by atoms with Crippen LogP contribution in [0.2, 0.25) is 0 Å². The number of ether oxygens (including phenoxy) is 1. The topological polar surface area (TPSA) is 124 Å². The number of benzene rings is 2. The molecule has 3 saturated carbocycles. The number of halogens is 1. The lowest BCUT2D eigenvalue weighted by atomic mass is 9.45. The summed E-state index contributed by atoms with van der Waals surface area (Å²) in [4.78, 5) is 35.4. The predicted octanol–water partition coefficient (Wildman–Crippen LogP) is 5.26. The molecule has 4 fully saturated rings. The van der Waals surface area contributed by atoms with E-state index in [1.165, 1.54) is 25.7 Å². The van der Waals surface area contributed by atoms with Gasteiger partial charge in [-0.3, -0.25) is 14.4 Å². The maximum atomic E-state index is 15.2. The van der Waals surface area contributed by atoms with Crippen molar-refractivity contribution in [3.8, 4) is 16.9 Å². The molecular weight excluding hydrogens is 663 g/mol. The number of fused-ring (bicyclic) bond motifs is 2. The smallest absolute Gasteiger partial charge is 0.251 e. The van der Waals surface area contributed by atoms with Crippen molar-refractivity contribution in [1.29, 1.82) is 0 Å². The van der Waals surface area contributed by atoms with Gasteiger partial charge >= 0.3 is 0 Å². The van der Waals surface area contributed by atoms with Crippen LogP contribution in [0.1, 0.15) is 83.1 Å². The summed E-state index contributed by atoms with van der Waals surface area (Å²) >= 11 is 0. The number of para-hydroxylation sites is 1. The molecule has 1 aliphatic heterocycles. The van der Waals surface area contributed by atoms with Crippen LogP contribution in [0.3, 0.4) is 0 Å². The van der Waals surface area contributed by atoms with Crippen molar-refractivity contribution in [2.24, 2.45) is 35.0 Å². The van der Waals surface area contributed by atoms with Crippen molar-refractivity contribution in [2.75, 3.05) is 34.4 Å². The summed E-state index contributed by atoms with van der Waals surface area (Å²) in [5, 5.41) is 29.2. The van der Waals surface area contributed by atoms with Gasteiger partial charge in [-0.1, -0.05) is 52.8 Å². The number of rotatable bonds is 15. The highest BCUT2D eigenvalue weighted by Gasteiger charge is 2.56. The number of hydrogen-bond donors (Lipinski definition) is 4. The molecule has 0 radical (unpaired) electrons. The summed E-state index contributed by atoms with van der Waals surface area (Å²) in [6.45, 7) is 13.3. The van der Waals surface area contributed by atoms with E-state index in [2.05, 4.69) is 45.3 Å². The summed E-state index contributed by atoms with van der Waals surface area (Å²) in [7, 11) is 5.45. The number of hydroxylamine groups is 2. The van der Waals surface area contributed by atoms with Crippen LogP contribution in [0, 0.1) is 40.8 Å². The van der Waals surface area contributed by atoms with E-state index in [0.717, 1.165) is 12.8 Å². The zero-order valence-corrected chi connectivity index (χ0v) is 32.5. The fourth-order valence-electron chi connectivity index (χ4n) is 9.42. The third-order valence-corrected chi connectivity index (χ3v) is 12.1. The first-order valence-corrected chi connectivity index (χ1v) is 19.0. The van der Waals surface area contributed by atoms with Crippen LogP contribution in [0.25, 0.3) is 11.1 Å². The monoisotopic (exact) mass is 724 g/mol. The van der Waals surface area contributed by atoms with Crippen molar-refractivity contribution in [3.05, 3.63) is 53.3 Å². The Balaban J connectivity index is 1.37. The Kier molecular flexibility index (Phi) is 12.7. The first-order valence-electron chi connectivity index (χ1n) is 19.0. The number of amides is 2. The molecule has 6 rings (SSSR count). The highest BCUT2D eigenvalue weighted by atomic mass is 19.1. The SMILES string of the molecule is COc1c(CN2O[C@@H](CO)[C@@H]([C@H](C)O)[C@H]2CC(=O)N[C@H]2C[C@H]3C[C@@H]([C@@H]2C)C3(C)C)cccc1-c1cc(F)cc(C(=O)N[C@@H](CC(C)C)CN(C)C)c1. The fraction of sp³-hybridized carbons (Fsp3) is 0.659. The van der Waals surface area contributed by atoms with Crippen molar-refractivity contribution >= 4 is 11.8 Å². The number of nitrogens with one attached hydrogen (secondary N) is 2. The zero-order valence-electron chi connectivity index (χ0n) is 32.5. The molecule has 0 spiro atoms. The van der Waals surface area contributed by atoms with Gasteiger partial charge in [0.1, 0.15) is 17.7 Å². The normalized spacial score (nSPS) is 28.0. The predicted molar refractivity (Wildman–Crippen MR) is 200 cm³/mol. The van der Waals surface area contributed by atoms with E-state index in [1.807, 2.05) is 37.2 Å². The molecule has 4 N–H and O–H groups in total. The molecule has 2 amide bonds. The summed E-state index contributed by atoms with van der Waals surface area (Å²) in [5.74, 6) is 0.879. The van der Waals surface area contributed by atoms with Crippen LogP contribution in [0.5, 0.6) is 5.75 Å². The first kappa shape index (κ1) is 40.1. The van der Waals surface area contributed by atoms with E-state index >= 15 is 4.39 Å². The quantitative estimate of drug-likeness (QED) is 0.196. The van der Waals surface area contributed by atoms with Crippen LogP contribution < -0.4 is 15.4 Å². The van der Waals surface area contributed by atoms with Crippen molar-refractivity contribution in [1.82, 2.24) is 20.6 Å². The highest BCUT2D eigenvalue weighted by molar-refractivity contribution is 5.96. The molecular formula is C41H61FN4O6. The summed E-state index contributed by atoms with van der Waals surface area (Å²) in [6, 6.07) is 9.29. The van der Waals surface area contributed by atoms with Gasteiger partial charge in [-0.2, -0.15) is 5.06 Å². The van der Waals surface area contributed by atoms with Crippen LogP contribution in [0.15, 0.2) is 36.4 Å². The molecule has 3 aliphatic carbocycles. The molecule has 288 valence electrons. The van der Waals surface area contributed by atoms with E-state index in [1.54, 1.807) is 18.1 Å². The van der Waals surface area contributed by atoms with E-state index in [4.69, 9.17) is 9.57 Å². The Morgan fingerprint density at radius 1 is 1.15 bits per heavy atom. The Labute approximate surface area is 309 Å². The number of aliphatic hydroxyl groups excluding tert-OH is 2. The number of methoxy groups -OCH3 is 1. The van der Waals surface area contributed by atoms with Gasteiger partial charge in [0.2, 0.25) is 5.91 Å². The molecule has 1 heterocycles. The number of aliphatic hydroxyl groups is 2. The van der Waals surface area contributed by atoms with Crippen LogP contribution >= 0.6 is 0 Å². The Morgan fingerprint density at radius 3 is 2.48 bits per heavy atom. The van der Waals surface area contributed by atoms with Gasteiger partial charge in [-0.15, -0.1) is 0 Å². The van der Waals surface area contributed by atoms with Crippen molar-refractivity contribution < 1.29 is 33.8 Å². The van der Waals surface area contributed by atoms with Gasteiger partial charge in [-0.05, 0) is 93.1 Å². The summed E-state index contributed by atoms with van der Waals surface area (Å²) in [6.07, 6.45) is 1.50. The Morgan fingerprint density at radius 2 is 1.88 bits per heavy atom. The van der Waals surface area contributed by atoms with Gasteiger partial charge < -0.3 is 30.5 Å². The van der Waals surface area contributed by atoms with Gasteiger partial charge in [0.05, 0.1) is 32.4 Å². The Bertz CT molecular complexity index is 1560. The maximum Gasteiger partial charge on any atom is 0.251 e. The maximum absolute atomic E-state index is 15.2. The molecule has 2 bridgehead atoms. The second kappa shape index (κ2) is 16.5. The lowest BCUT2D eigenvalue weighted by Crippen LogP contribution is -2.61. The highest BCUT2D eigenvalue weighted by Crippen LogP contribution is 2.61. The first-order chi connectivity index (χ1) is 24.5. The van der Waals surface area contributed by atoms with Gasteiger partial charge in [0, 0.05) is 47.7 Å². The van der Waals surface area contributed by atoms with Crippen LogP contribution in [0.4, 0.5) is 4.39 Å². The molecule has 0 unspecified atom stereocenters. The van der Waals surface area contributed by atoms with E-state index < -0.39 is 30.0 Å². The number of carbonyl (C=O) groups is 2.